The van der Waals surface area contributed by atoms with Crippen molar-refractivity contribution in [1.29, 1.82) is 0 Å². The molecule has 5 rings (SSSR count). The first kappa shape index (κ1) is 28.2. The molecule has 1 aromatic carbocycles. The largest absolute Gasteiger partial charge is 0.444 e. The van der Waals surface area contributed by atoms with Gasteiger partial charge in [-0.25, -0.2) is 4.79 Å². The van der Waals surface area contributed by atoms with Crippen LogP contribution >= 0.6 is 0 Å². The van der Waals surface area contributed by atoms with Gasteiger partial charge in [-0.15, -0.1) is 0 Å². The molecule has 0 aliphatic heterocycles. The van der Waals surface area contributed by atoms with Gasteiger partial charge in [0.15, 0.2) is 0 Å². The van der Waals surface area contributed by atoms with E-state index in [2.05, 4.69) is 21.0 Å². The molecule has 2 fully saturated rings. The number of anilines is 1. The van der Waals surface area contributed by atoms with Crippen LogP contribution in [0.2, 0.25) is 0 Å². The Balaban J connectivity index is 1.33. The number of nitrogens with zero attached hydrogens (tertiary/aromatic N) is 2. The Kier molecular flexibility index (Phi) is 7.44. The first-order valence-corrected chi connectivity index (χ1v) is 14.6. The first-order valence-electron chi connectivity index (χ1n) is 14.6. The molecule has 3 amide bonds. The number of alkyl carbamates (subject to hydrolysis) is 1. The number of nitrogens with one attached hydrogen (secondary N) is 3. The Bertz CT molecular complexity index is 1270. The summed E-state index contributed by atoms with van der Waals surface area (Å²) in [4.78, 5) is 39.7. The summed E-state index contributed by atoms with van der Waals surface area (Å²) in [6.45, 7) is 11.5. The van der Waals surface area contributed by atoms with Crippen molar-refractivity contribution in [1.82, 2.24) is 20.4 Å². The molecule has 0 bridgehead atoms. The summed E-state index contributed by atoms with van der Waals surface area (Å²) in [5.41, 5.74) is 2.15. The van der Waals surface area contributed by atoms with Crippen molar-refractivity contribution in [3.05, 3.63) is 47.3 Å². The number of aromatic nitrogens is 2. The molecule has 1 heterocycles. The summed E-state index contributed by atoms with van der Waals surface area (Å²) in [7, 11) is 0. The fourth-order valence-electron chi connectivity index (χ4n) is 6.16. The lowest BCUT2D eigenvalue weighted by Gasteiger charge is -2.29. The minimum absolute atomic E-state index is 0.0348. The van der Waals surface area contributed by atoms with Gasteiger partial charge in [-0.05, 0) is 127 Å². The van der Waals surface area contributed by atoms with Crippen molar-refractivity contribution in [2.45, 2.75) is 103 Å². The maximum atomic E-state index is 13.8. The smallest absolute Gasteiger partial charge is 0.408 e. The van der Waals surface area contributed by atoms with Crippen LogP contribution in [-0.4, -0.2) is 39.3 Å². The zero-order valence-electron chi connectivity index (χ0n) is 24.5. The second-order valence-corrected chi connectivity index (χ2v) is 13.3. The van der Waals surface area contributed by atoms with Gasteiger partial charge in [0.25, 0.3) is 5.91 Å². The van der Waals surface area contributed by atoms with Crippen LogP contribution in [0.3, 0.4) is 0 Å². The third-order valence-corrected chi connectivity index (χ3v) is 8.32. The van der Waals surface area contributed by atoms with E-state index >= 15 is 0 Å². The van der Waals surface area contributed by atoms with Crippen LogP contribution < -0.4 is 16.0 Å². The molecule has 9 nitrogen and oxygen atoms in total. The van der Waals surface area contributed by atoms with E-state index < -0.39 is 23.3 Å². The number of hydrogen-bond donors (Lipinski definition) is 3. The average Bonchev–Trinajstić information content (AvgIpc) is 3.79. The predicted octanol–water partition coefficient (Wildman–Crippen LogP) is 5.32. The van der Waals surface area contributed by atoms with Crippen LogP contribution in [0, 0.1) is 17.8 Å². The number of rotatable bonds is 9. The Morgan fingerprint density at radius 2 is 1.75 bits per heavy atom. The highest BCUT2D eigenvalue weighted by atomic mass is 16.6. The number of hydrogen-bond acceptors (Lipinski definition) is 5. The molecule has 3 N–H and O–H groups in total. The lowest BCUT2D eigenvalue weighted by Crippen LogP contribution is -2.50. The molecule has 40 heavy (non-hydrogen) atoms. The van der Waals surface area contributed by atoms with E-state index in [9.17, 15) is 14.4 Å². The van der Waals surface area contributed by atoms with Gasteiger partial charge < -0.3 is 20.7 Å². The standard InChI is InChI=1S/C31H43N5O4/c1-18(2)36-24(14-16-32-36)27(37)34-26(25(19-7-8-19)20-9-10-20)28(38)33-22-11-12-23-21(17-22)13-15-31(23,6)35-29(39)40-30(3,4)5/h11-12,14,16-20,25-26H,7-10,13,15H2,1-6H3,(H,33,38)(H,34,37)(H,35,39)/t26-,31?/m0/s1. The van der Waals surface area contributed by atoms with Crippen LogP contribution in [0.4, 0.5) is 10.5 Å². The molecule has 0 saturated heterocycles. The van der Waals surface area contributed by atoms with Crippen LogP contribution in [0.15, 0.2) is 30.5 Å². The van der Waals surface area contributed by atoms with Crippen LogP contribution in [0.1, 0.15) is 101 Å². The van der Waals surface area contributed by atoms with E-state index in [0.29, 0.717) is 23.2 Å². The lowest BCUT2D eigenvalue weighted by atomic mass is 9.88. The highest BCUT2D eigenvalue weighted by Crippen LogP contribution is 2.51. The van der Waals surface area contributed by atoms with Gasteiger partial charge >= 0.3 is 6.09 Å². The van der Waals surface area contributed by atoms with Crippen molar-refractivity contribution in [2.24, 2.45) is 17.8 Å². The minimum atomic E-state index is -0.615. The number of amides is 3. The SMILES string of the molecule is CC(C)n1nccc1C(=O)N[C@H](C(=O)Nc1ccc2c(c1)CCC2(C)NC(=O)OC(C)(C)C)C(C1CC1)C1CC1. The van der Waals surface area contributed by atoms with E-state index in [0.717, 1.165) is 49.7 Å². The molecule has 216 valence electrons. The third kappa shape index (κ3) is 6.18. The molecule has 2 aromatic rings. The Morgan fingerprint density at radius 1 is 1.07 bits per heavy atom. The quantitative estimate of drug-likeness (QED) is 0.392. The van der Waals surface area contributed by atoms with E-state index in [1.54, 1.807) is 16.9 Å². The van der Waals surface area contributed by atoms with Gasteiger partial charge in [0.2, 0.25) is 5.91 Å². The summed E-state index contributed by atoms with van der Waals surface area (Å²) in [6.07, 6.45) is 7.12. The molecule has 9 heteroatoms. The fourth-order valence-corrected chi connectivity index (χ4v) is 6.16. The van der Waals surface area contributed by atoms with Crippen molar-refractivity contribution in [2.75, 3.05) is 5.32 Å². The number of ether oxygens (including phenoxy) is 1. The van der Waals surface area contributed by atoms with Gasteiger partial charge in [-0.3, -0.25) is 14.3 Å². The second kappa shape index (κ2) is 10.6. The summed E-state index contributed by atoms with van der Waals surface area (Å²) >= 11 is 0. The molecule has 1 aromatic heterocycles. The van der Waals surface area contributed by atoms with E-state index in [4.69, 9.17) is 4.74 Å². The normalized spacial score (nSPS) is 21.2. The molecular weight excluding hydrogens is 506 g/mol. The zero-order chi connectivity index (χ0) is 28.8. The molecule has 2 saturated carbocycles. The summed E-state index contributed by atoms with van der Waals surface area (Å²) in [5.74, 6) is 0.627. The monoisotopic (exact) mass is 549 g/mol. The van der Waals surface area contributed by atoms with E-state index in [1.807, 2.05) is 59.7 Å². The lowest BCUT2D eigenvalue weighted by molar-refractivity contribution is -0.119. The van der Waals surface area contributed by atoms with Gasteiger partial charge in [-0.2, -0.15) is 5.10 Å². The maximum absolute atomic E-state index is 13.8. The molecular formula is C31H43N5O4. The molecule has 0 spiro atoms. The van der Waals surface area contributed by atoms with Gasteiger partial charge in [0.1, 0.15) is 17.3 Å². The minimum Gasteiger partial charge on any atom is -0.444 e. The summed E-state index contributed by atoms with van der Waals surface area (Å²) in [5, 5.41) is 13.6. The fraction of sp³-hybridized carbons (Fsp3) is 0.613. The number of carbonyl (C=O) groups is 3. The van der Waals surface area contributed by atoms with Gasteiger partial charge in [-0.1, -0.05) is 6.07 Å². The summed E-state index contributed by atoms with van der Waals surface area (Å²) < 4.78 is 7.18. The molecule has 2 atom stereocenters. The van der Waals surface area contributed by atoms with Crippen molar-refractivity contribution in [3.8, 4) is 0 Å². The predicted molar refractivity (Wildman–Crippen MR) is 153 cm³/mol. The molecule has 3 aliphatic carbocycles. The Morgan fingerprint density at radius 3 is 2.35 bits per heavy atom. The van der Waals surface area contributed by atoms with E-state index in [-0.39, 0.29) is 23.8 Å². The molecule has 3 aliphatic rings. The number of aryl methyl sites for hydroxylation is 1. The van der Waals surface area contributed by atoms with E-state index in [1.165, 1.54) is 0 Å². The number of benzene rings is 1. The highest BCUT2D eigenvalue weighted by molar-refractivity contribution is 6.01. The molecule has 1 unspecified atom stereocenters. The van der Waals surface area contributed by atoms with Crippen molar-refractivity contribution < 1.29 is 19.1 Å². The van der Waals surface area contributed by atoms with Gasteiger partial charge in [0.05, 0.1) is 5.54 Å². The van der Waals surface area contributed by atoms with Crippen molar-refractivity contribution in [3.63, 3.8) is 0 Å². The van der Waals surface area contributed by atoms with Gasteiger partial charge in [0, 0.05) is 17.9 Å². The highest BCUT2D eigenvalue weighted by Gasteiger charge is 2.48. The topological polar surface area (TPSA) is 114 Å². The maximum Gasteiger partial charge on any atom is 0.408 e. The first-order chi connectivity index (χ1) is 18.8. The van der Waals surface area contributed by atoms with Crippen molar-refractivity contribution >= 4 is 23.6 Å². The second-order valence-electron chi connectivity index (χ2n) is 13.3. The van der Waals surface area contributed by atoms with Crippen LogP contribution in [0.5, 0.6) is 0 Å². The average molecular weight is 550 g/mol. The number of fused-ring (bicyclic) bond motifs is 1. The molecule has 0 radical (unpaired) electrons. The third-order valence-electron chi connectivity index (χ3n) is 8.32. The number of carbonyl (C=O) groups excluding carboxylic acids is 3. The van der Waals surface area contributed by atoms with Crippen LogP contribution in [0.25, 0.3) is 0 Å². The Labute approximate surface area is 236 Å². The zero-order valence-corrected chi connectivity index (χ0v) is 24.5. The Hall–Kier alpha value is -3.36. The van der Waals surface area contributed by atoms with Crippen LogP contribution in [-0.2, 0) is 21.5 Å². The summed E-state index contributed by atoms with van der Waals surface area (Å²) in [6, 6.07) is 6.97.